The van der Waals surface area contributed by atoms with Gasteiger partial charge in [-0.3, -0.25) is 10.1 Å². The molecule has 9 heteroatoms. The molecule has 126 valence electrons. The van der Waals surface area contributed by atoms with Gasteiger partial charge in [-0.25, -0.2) is 9.00 Å². The van der Waals surface area contributed by atoms with Crippen LogP contribution in [0.4, 0.5) is 10.5 Å². The van der Waals surface area contributed by atoms with Gasteiger partial charge in [0.25, 0.3) is 5.69 Å². The van der Waals surface area contributed by atoms with Gasteiger partial charge in [-0.05, 0) is 31.2 Å². The fraction of sp³-hybridized carbons (Fsp3) is 0.133. The number of carbonyl (C=O) groups excluding carboxylic acids is 1. The first-order valence-electron chi connectivity index (χ1n) is 6.87. The van der Waals surface area contributed by atoms with E-state index in [0.717, 1.165) is 0 Å². The van der Waals surface area contributed by atoms with E-state index in [0.29, 0.717) is 0 Å². The van der Waals surface area contributed by atoms with Crippen molar-refractivity contribution in [1.82, 2.24) is 0 Å². The van der Waals surface area contributed by atoms with Crippen molar-refractivity contribution in [3.05, 3.63) is 64.7 Å². The highest BCUT2D eigenvalue weighted by atomic mass is 32.2. The van der Waals surface area contributed by atoms with Crippen LogP contribution in [0.2, 0.25) is 0 Å². The lowest BCUT2D eigenvalue weighted by Crippen LogP contribution is -2.13. The second-order valence-electron chi connectivity index (χ2n) is 4.41. The Bertz CT molecular complexity index is 842. The number of nitro benzene ring substituents is 1. The van der Waals surface area contributed by atoms with E-state index < -0.39 is 21.0 Å². The second kappa shape index (κ2) is 7.55. The van der Waals surface area contributed by atoms with E-state index in [-0.39, 0.29) is 22.9 Å². The first-order valence-corrected chi connectivity index (χ1v) is 8.31. The molecule has 0 aliphatic heterocycles. The second-order valence-corrected chi connectivity index (χ2v) is 6.18. The number of ether oxygens (including phenoxy) is 1. The molecule has 0 fully saturated rings. The third-order valence-corrected chi connectivity index (χ3v) is 4.44. The maximum atomic E-state index is 13.0. The highest BCUT2D eigenvalue weighted by Gasteiger charge is 2.19. The van der Waals surface area contributed by atoms with Crippen molar-refractivity contribution >= 4 is 21.8 Å². The molecule has 0 bridgehead atoms. The molecule has 2 aromatic rings. The molecule has 24 heavy (non-hydrogen) atoms. The molecule has 8 nitrogen and oxygen atoms in total. The van der Waals surface area contributed by atoms with Gasteiger partial charge >= 0.3 is 6.09 Å². The van der Waals surface area contributed by atoms with Gasteiger partial charge in [0, 0.05) is 12.1 Å². The zero-order chi connectivity index (χ0) is 17.6. The van der Waals surface area contributed by atoms with Gasteiger partial charge in [0.1, 0.15) is 5.75 Å². The number of benzene rings is 2. The molecule has 0 heterocycles. The molecule has 0 spiro atoms. The lowest BCUT2D eigenvalue weighted by molar-refractivity contribution is -0.384. The van der Waals surface area contributed by atoms with E-state index in [1.165, 1.54) is 36.4 Å². The van der Waals surface area contributed by atoms with Crippen LogP contribution < -0.4 is 4.18 Å². The maximum absolute atomic E-state index is 13.0. The van der Waals surface area contributed by atoms with E-state index >= 15 is 0 Å². The van der Waals surface area contributed by atoms with Gasteiger partial charge in [-0.15, -0.1) is 0 Å². The molecule has 0 saturated heterocycles. The Morgan fingerprint density at radius 1 is 1.17 bits per heavy atom. The highest BCUT2D eigenvalue weighted by molar-refractivity contribution is 7.89. The fourth-order valence-electron chi connectivity index (χ4n) is 1.71. The van der Waals surface area contributed by atoms with Gasteiger partial charge in [-0.2, -0.15) is 0 Å². The standard InChI is InChI=1S/C15H14N2O6S/c1-2-22-15(18)16-24(21,14-6-4-3-5-7-14)23-13-10-8-12(9-11-13)17(19)20/h3-11H,2H2,1H3/t24-/m1/s1. The SMILES string of the molecule is CCOC(=O)N=[S@](=O)(Oc1ccc([N+](=O)[O-])cc1)c1ccccc1. The topological polar surface area (TPSA) is 108 Å². The Hall–Kier alpha value is -2.94. The monoisotopic (exact) mass is 350 g/mol. The lowest BCUT2D eigenvalue weighted by Gasteiger charge is -2.11. The number of nitrogens with zero attached hydrogens (tertiary/aromatic N) is 2. The van der Waals surface area contributed by atoms with E-state index in [1.54, 1.807) is 25.1 Å². The first kappa shape index (κ1) is 17.4. The van der Waals surface area contributed by atoms with Gasteiger partial charge in [0.05, 0.1) is 16.4 Å². The van der Waals surface area contributed by atoms with Crippen LogP contribution in [0.25, 0.3) is 0 Å². The Kier molecular flexibility index (Phi) is 5.48. The van der Waals surface area contributed by atoms with Crippen molar-refractivity contribution in [2.24, 2.45) is 4.36 Å². The Morgan fingerprint density at radius 2 is 1.79 bits per heavy atom. The van der Waals surface area contributed by atoms with Crippen molar-refractivity contribution in [2.45, 2.75) is 11.8 Å². The summed E-state index contributed by atoms with van der Waals surface area (Å²) in [5, 5.41) is 10.7. The molecular weight excluding hydrogens is 336 g/mol. The molecule has 0 saturated carbocycles. The van der Waals surface area contributed by atoms with Crippen LogP contribution in [0.15, 0.2) is 63.9 Å². The average molecular weight is 350 g/mol. The molecular formula is C15H14N2O6S. The predicted octanol–water partition coefficient (Wildman–Crippen LogP) is 3.57. The smallest absolute Gasteiger partial charge is 0.444 e. The number of rotatable bonds is 5. The average Bonchev–Trinajstić information content (AvgIpc) is 2.56. The minimum Gasteiger partial charge on any atom is -0.448 e. The van der Waals surface area contributed by atoms with Gasteiger partial charge in [-0.1, -0.05) is 22.6 Å². The summed E-state index contributed by atoms with van der Waals surface area (Å²) in [5.74, 6) is 0.0718. The molecule has 0 aliphatic carbocycles. The van der Waals surface area contributed by atoms with Crippen molar-refractivity contribution in [3.63, 3.8) is 0 Å². The summed E-state index contributed by atoms with van der Waals surface area (Å²) in [6.07, 6.45) is -1.02. The number of nitro groups is 1. The number of amides is 1. The molecule has 2 aromatic carbocycles. The molecule has 0 radical (unpaired) electrons. The van der Waals surface area contributed by atoms with Crippen LogP contribution in [-0.2, 0) is 14.7 Å². The quantitative estimate of drug-likeness (QED) is 0.602. The van der Waals surface area contributed by atoms with Crippen LogP contribution in [0, 0.1) is 10.1 Å². The summed E-state index contributed by atoms with van der Waals surface area (Å²) in [5.41, 5.74) is -0.143. The first-order chi connectivity index (χ1) is 11.4. The van der Waals surface area contributed by atoms with Crippen molar-refractivity contribution in [1.29, 1.82) is 0 Å². The van der Waals surface area contributed by atoms with Crippen LogP contribution in [0.1, 0.15) is 6.92 Å². The molecule has 1 atom stereocenters. The lowest BCUT2D eigenvalue weighted by atomic mass is 10.3. The maximum Gasteiger partial charge on any atom is 0.444 e. The zero-order valence-corrected chi connectivity index (χ0v) is 13.5. The van der Waals surface area contributed by atoms with Crippen molar-refractivity contribution < 1.29 is 22.8 Å². The Morgan fingerprint density at radius 3 is 2.33 bits per heavy atom. The van der Waals surface area contributed by atoms with Gasteiger partial charge < -0.3 is 8.92 Å². The molecule has 1 amide bonds. The predicted molar refractivity (Wildman–Crippen MR) is 86.0 cm³/mol. The fourth-order valence-corrected chi connectivity index (χ4v) is 3.07. The number of hydrogen-bond donors (Lipinski definition) is 0. The minimum atomic E-state index is -3.59. The molecule has 2 rings (SSSR count). The third-order valence-electron chi connectivity index (χ3n) is 2.76. The summed E-state index contributed by atoms with van der Waals surface area (Å²) in [6, 6.07) is 12.9. The normalized spacial score (nSPS) is 12.7. The minimum absolute atomic E-state index is 0.0718. The molecule has 0 aromatic heterocycles. The summed E-state index contributed by atoms with van der Waals surface area (Å²) >= 11 is 0. The van der Waals surface area contributed by atoms with Crippen molar-refractivity contribution in [3.8, 4) is 5.75 Å². The van der Waals surface area contributed by atoms with Crippen LogP contribution in [0.3, 0.4) is 0 Å². The van der Waals surface area contributed by atoms with Gasteiger partial charge in [0.2, 0.25) is 10.0 Å². The summed E-state index contributed by atoms with van der Waals surface area (Å²) in [7, 11) is -3.59. The number of carbonyl (C=O) groups is 1. The molecule has 0 aliphatic rings. The van der Waals surface area contributed by atoms with Crippen LogP contribution in [0.5, 0.6) is 5.75 Å². The summed E-state index contributed by atoms with van der Waals surface area (Å²) < 4.78 is 26.6. The highest BCUT2D eigenvalue weighted by Crippen LogP contribution is 2.23. The van der Waals surface area contributed by atoms with Gasteiger partial charge in [0.15, 0.2) is 0 Å². The Balaban J connectivity index is 2.42. The number of hydrogen-bond acceptors (Lipinski definition) is 6. The van der Waals surface area contributed by atoms with E-state index in [9.17, 15) is 19.1 Å². The largest absolute Gasteiger partial charge is 0.448 e. The van der Waals surface area contributed by atoms with E-state index in [4.69, 9.17) is 8.92 Å². The van der Waals surface area contributed by atoms with Crippen LogP contribution >= 0.6 is 0 Å². The summed E-state index contributed by atoms with van der Waals surface area (Å²) in [6.45, 7) is 1.67. The molecule has 0 N–H and O–H groups in total. The zero-order valence-electron chi connectivity index (χ0n) is 12.7. The van der Waals surface area contributed by atoms with Crippen LogP contribution in [-0.4, -0.2) is 21.8 Å². The van der Waals surface area contributed by atoms with E-state index in [2.05, 4.69) is 4.36 Å². The Labute approximate surface area is 138 Å². The molecule has 0 unspecified atom stereocenters. The third kappa shape index (κ3) is 4.29. The van der Waals surface area contributed by atoms with Crippen molar-refractivity contribution in [2.75, 3.05) is 6.61 Å². The number of non-ortho nitro benzene ring substituents is 1. The summed E-state index contributed by atoms with van der Waals surface area (Å²) in [4.78, 5) is 21.9. The van der Waals surface area contributed by atoms with E-state index in [1.807, 2.05) is 0 Å².